The molecule has 0 unspecified atom stereocenters. The van der Waals surface area contributed by atoms with Gasteiger partial charge in [0.15, 0.2) is 0 Å². The van der Waals surface area contributed by atoms with E-state index in [2.05, 4.69) is 13.0 Å². The molecule has 70 valence electrons. The molecule has 0 saturated heterocycles. The van der Waals surface area contributed by atoms with Crippen molar-refractivity contribution in [3.8, 4) is 0 Å². The second kappa shape index (κ2) is 8.85. The van der Waals surface area contributed by atoms with Crippen molar-refractivity contribution in [2.45, 2.75) is 32.6 Å². The molecule has 0 N–H and O–H groups in total. The zero-order valence-electron chi connectivity index (χ0n) is 8.01. The molecule has 0 amide bonds. The van der Waals surface area contributed by atoms with Gasteiger partial charge >= 0.3 is 0 Å². The second-order valence-electron chi connectivity index (χ2n) is 2.83. The molecule has 0 spiro atoms. The molecule has 12 heavy (non-hydrogen) atoms. The van der Waals surface area contributed by atoms with Gasteiger partial charge in [0.05, 0.1) is 0 Å². The lowest BCUT2D eigenvalue weighted by Crippen LogP contribution is -1.88. The van der Waals surface area contributed by atoms with Crippen molar-refractivity contribution in [1.82, 2.24) is 0 Å². The molecule has 0 radical (unpaired) electrons. The van der Waals surface area contributed by atoms with Crippen molar-refractivity contribution >= 4 is 18.0 Å². The van der Waals surface area contributed by atoms with Gasteiger partial charge in [-0.1, -0.05) is 25.8 Å². The number of aldehydes is 1. The van der Waals surface area contributed by atoms with Gasteiger partial charge in [0, 0.05) is 5.75 Å². The fraction of sp³-hybridized carbons (Fsp3) is 0.700. The topological polar surface area (TPSA) is 17.1 Å². The Balaban J connectivity index is 3.55. The number of thioether (sulfide) groups is 1. The minimum atomic E-state index is 0.857. The van der Waals surface area contributed by atoms with Gasteiger partial charge in [0.25, 0.3) is 0 Å². The summed E-state index contributed by atoms with van der Waals surface area (Å²) in [6.07, 6.45) is 9.84. The quantitative estimate of drug-likeness (QED) is 0.345. The molecule has 0 aliphatic rings. The smallest absolute Gasteiger partial charge is 0.146 e. The molecule has 0 saturated carbocycles. The normalized spacial score (nSPS) is 11.7. The first-order valence-corrected chi connectivity index (χ1v) is 5.87. The Morgan fingerprint density at radius 1 is 1.42 bits per heavy atom. The van der Waals surface area contributed by atoms with Crippen LogP contribution >= 0.6 is 11.8 Å². The number of allylic oxidation sites excluding steroid dienone is 1. The van der Waals surface area contributed by atoms with Crippen LogP contribution in [0.2, 0.25) is 0 Å². The van der Waals surface area contributed by atoms with Gasteiger partial charge in [-0.3, -0.25) is 4.79 Å². The second-order valence-corrected chi connectivity index (χ2v) is 3.69. The number of rotatable bonds is 7. The van der Waals surface area contributed by atoms with E-state index < -0.39 is 0 Å². The molecular weight excluding hydrogens is 168 g/mol. The van der Waals surface area contributed by atoms with Crippen LogP contribution in [0.1, 0.15) is 32.6 Å². The molecule has 0 bridgehead atoms. The van der Waals surface area contributed by atoms with Gasteiger partial charge in [0.1, 0.15) is 6.29 Å². The van der Waals surface area contributed by atoms with Crippen LogP contribution in [0, 0.1) is 0 Å². The van der Waals surface area contributed by atoms with E-state index in [1.54, 1.807) is 11.8 Å². The van der Waals surface area contributed by atoms with E-state index in [0.717, 1.165) is 24.0 Å². The molecule has 0 aliphatic heterocycles. The summed E-state index contributed by atoms with van der Waals surface area (Å²) < 4.78 is 0. The monoisotopic (exact) mass is 186 g/mol. The zero-order valence-corrected chi connectivity index (χ0v) is 8.82. The average Bonchev–Trinajstić information content (AvgIpc) is 2.10. The van der Waals surface area contributed by atoms with Crippen molar-refractivity contribution in [3.05, 3.63) is 11.6 Å². The molecule has 0 aliphatic carbocycles. The largest absolute Gasteiger partial charge is 0.298 e. The molecule has 0 heterocycles. The van der Waals surface area contributed by atoms with Crippen LogP contribution in [0.3, 0.4) is 0 Å². The molecule has 0 rings (SSSR count). The van der Waals surface area contributed by atoms with Crippen molar-refractivity contribution in [1.29, 1.82) is 0 Å². The third-order valence-electron chi connectivity index (χ3n) is 1.68. The van der Waals surface area contributed by atoms with Gasteiger partial charge in [-0.25, -0.2) is 0 Å². The highest BCUT2D eigenvalue weighted by Crippen LogP contribution is 2.06. The number of carbonyl (C=O) groups is 1. The molecule has 0 aromatic heterocycles. The third-order valence-corrected chi connectivity index (χ3v) is 2.30. The summed E-state index contributed by atoms with van der Waals surface area (Å²) in [6.45, 7) is 2.19. The fourth-order valence-corrected chi connectivity index (χ4v) is 1.51. The molecular formula is C10H18OS. The van der Waals surface area contributed by atoms with Gasteiger partial charge in [-0.05, 0) is 24.7 Å². The lowest BCUT2D eigenvalue weighted by atomic mass is 10.1. The van der Waals surface area contributed by atoms with Crippen LogP contribution in [-0.2, 0) is 4.79 Å². The maximum absolute atomic E-state index is 10.5. The van der Waals surface area contributed by atoms with Crippen LogP contribution in [0.25, 0.3) is 0 Å². The van der Waals surface area contributed by atoms with E-state index in [-0.39, 0.29) is 0 Å². The highest BCUT2D eigenvalue weighted by atomic mass is 32.2. The van der Waals surface area contributed by atoms with E-state index in [1.807, 2.05) is 6.26 Å². The molecule has 0 aromatic carbocycles. The van der Waals surface area contributed by atoms with Crippen molar-refractivity contribution in [3.63, 3.8) is 0 Å². The molecule has 1 nitrogen and oxygen atoms in total. The van der Waals surface area contributed by atoms with Gasteiger partial charge in [0.2, 0.25) is 0 Å². The number of unbranched alkanes of at least 4 members (excludes halogenated alkanes) is 3. The Morgan fingerprint density at radius 3 is 2.67 bits per heavy atom. The first-order chi connectivity index (χ1) is 5.85. The zero-order chi connectivity index (χ0) is 9.23. The first kappa shape index (κ1) is 11.8. The van der Waals surface area contributed by atoms with Crippen LogP contribution in [0.4, 0.5) is 0 Å². The maximum atomic E-state index is 10.5. The van der Waals surface area contributed by atoms with Gasteiger partial charge in [-0.15, -0.1) is 0 Å². The minimum Gasteiger partial charge on any atom is -0.298 e. The van der Waals surface area contributed by atoms with E-state index in [4.69, 9.17) is 0 Å². The highest BCUT2D eigenvalue weighted by Gasteiger charge is 1.92. The summed E-state index contributed by atoms with van der Waals surface area (Å²) in [5.74, 6) is 0.857. The van der Waals surface area contributed by atoms with E-state index in [0.29, 0.717) is 0 Å². The van der Waals surface area contributed by atoms with Crippen LogP contribution in [-0.4, -0.2) is 18.3 Å². The lowest BCUT2D eigenvalue weighted by molar-refractivity contribution is -0.104. The predicted molar refractivity (Wildman–Crippen MR) is 56.7 cm³/mol. The molecule has 0 fully saturated rings. The maximum Gasteiger partial charge on any atom is 0.146 e. The Bertz CT molecular complexity index is 141. The molecule has 0 aromatic rings. The summed E-state index contributed by atoms with van der Waals surface area (Å²) in [5, 5.41) is 0. The van der Waals surface area contributed by atoms with Crippen LogP contribution in [0.5, 0.6) is 0 Å². The highest BCUT2D eigenvalue weighted by molar-refractivity contribution is 7.98. The van der Waals surface area contributed by atoms with Crippen molar-refractivity contribution in [2.75, 3.05) is 12.0 Å². The van der Waals surface area contributed by atoms with Gasteiger partial charge in [-0.2, -0.15) is 11.8 Å². The minimum absolute atomic E-state index is 0.857. The number of hydrogen-bond donors (Lipinski definition) is 0. The Labute approximate surface area is 79.6 Å². The first-order valence-electron chi connectivity index (χ1n) is 4.48. The summed E-state index contributed by atoms with van der Waals surface area (Å²) in [5.41, 5.74) is 0.943. The third kappa shape index (κ3) is 6.47. The lowest BCUT2D eigenvalue weighted by Gasteiger charge is -1.96. The fourth-order valence-electron chi connectivity index (χ4n) is 0.990. The van der Waals surface area contributed by atoms with Crippen molar-refractivity contribution < 1.29 is 4.79 Å². The number of hydrogen-bond acceptors (Lipinski definition) is 2. The van der Waals surface area contributed by atoms with Crippen molar-refractivity contribution in [2.24, 2.45) is 0 Å². The van der Waals surface area contributed by atoms with Crippen LogP contribution in [0.15, 0.2) is 11.6 Å². The Hall–Kier alpha value is -0.240. The van der Waals surface area contributed by atoms with Gasteiger partial charge < -0.3 is 0 Å². The molecule has 0 atom stereocenters. The summed E-state index contributed by atoms with van der Waals surface area (Å²) >= 11 is 1.70. The summed E-state index contributed by atoms with van der Waals surface area (Å²) in [7, 11) is 0. The van der Waals surface area contributed by atoms with E-state index in [9.17, 15) is 4.79 Å². The summed E-state index contributed by atoms with van der Waals surface area (Å²) in [6, 6.07) is 0. The number of carbonyl (C=O) groups excluding carboxylic acids is 1. The summed E-state index contributed by atoms with van der Waals surface area (Å²) in [4.78, 5) is 10.5. The predicted octanol–water partition coefficient (Wildman–Crippen LogP) is 3.06. The van der Waals surface area contributed by atoms with Crippen LogP contribution < -0.4 is 0 Å². The van der Waals surface area contributed by atoms with E-state index in [1.165, 1.54) is 19.3 Å². The standard InChI is InChI=1S/C10H18OS/c1-3-4-5-6-7-10(8-11)9-12-2/h7-8H,3-6,9H2,1-2H3. The Kier molecular flexibility index (Phi) is 8.68. The molecule has 2 heteroatoms. The SMILES string of the molecule is CCCCCC=C(C=O)CSC. The average molecular weight is 186 g/mol. The Morgan fingerprint density at radius 2 is 2.17 bits per heavy atom. The van der Waals surface area contributed by atoms with E-state index >= 15 is 0 Å².